The Hall–Kier alpha value is -2.07. The minimum absolute atomic E-state index is 0.975. The van der Waals surface area contributed by atoms with Crippen LogP contribution in [-0.2, 0) is 6.42 Å². The van der Waals surface area contributed by atoms with Crippen LogP contribution in [0.4, 0.5) is 5.82 Å². The molecule has 3 nitrogen and oxygen atoms in total. The van der Waals surface area contributed by atoms with E-state index >= 15 is 0 Å². The summed E-state index contributed by atoms with van der Waals surface area (Å²) >= 11 is 3.49. The Labute approximate surface area is 138 Å². The van der Waals surface area contributed by atoms with Crippen LogP contribution < -0.4 is 5.32 Å². The standard InChI is InChI=1S/C18H16BrN3/c1-12-2-8-15(9-3-12)22-18-16(10-11-20-18)17(21-22)13-4-6-14(19)7-5-13/h2-9,20H,10-11H2,1H3. The van der Waals surface area contributed by atoms with Crippen molar-refractivity contribution in [3.8, 4) is 16.9 Å². The Balaban J connectivity index is 1.86. The molecule has 0 bridgehead atoms. The van der Waals surface area contributed by atoms with Crippen molar-refractivity contribution in [2.45, 2.75) is 13.3 Å². The lowest BCUT2D eigenvalue weighted by atomic mass is 10.1. The van der Waals surface area contributed by atoms with Crippen molar-refractivity contribution < 1.29 is 0 Å². The molecule has 0 saturated heterocycles. The van der Waals surface area contributed by atoms with E-state index in [4.69, 9.17) is 5.10 Å². The normalized spacial score (nSPS) is 13.0. The van der Waals surface area contributed by atoms with Gasteiger partial charge in [-0.3, -0.25) is 0 Å². The monoisotopic (exact) mass is 353 g/mol. The fourth-order valence-electron chi connectivity index (χ4n) is 2.89. The summed E-state index contributed by atoms with van der Waals surface area (Å²) in [6, 6.07) is 16.8. The summed E-state index contributed by atoms with van der Waals surface area (Å²) in [7, 11) is 0. The molecule has 1 aromatic heterocycles. The Morgan fingerprint density at radius 2 is 1.77 bits per heavy atom. The van der Waals surface area contributed by atoms with Gasteiger partial charge in [-0.15, -0.1) is 0 Å². The molecule has 22 heavy (non-hydrogen) atoms. The second kappa shape index (κ2) is 5.29. The largest absolute Gasteiger partial charge is 0.369 e. The number of nitrogens with zero attached hydrogens (tertiary/aromatic N) is 2. The number of rotatable bonds is 2. The first-order valence-electron chi connectivity index (χ1n) is 7.41. The van der Waals surface area contributed by atoms with Gasteiger partial charge >= 0.3 is 0 Å². The summed E-state index contributed by atoms with van der Waals surface area (Å²) < 4.78 is 3.11. The number of hydrogen-bond acceptors (Lipinski definition) is 2. The molecular formula is C18H16BrN3. The molecule has 0 fully saturated rings. The fraction of sp³-hybridized carbons (Fsp3) is 0.167. The van der Waals surface area contributed by atoms with Gasteiger partial charge in [0, 0.05) is 22.1 Å². The molecule has 0 aliphatic carbocycles. The van der Waals surface area contributed by atoms with Crippen LogP contribution >= 0.6 is 15.9 Å². The first-order valence-corrected chi connectivity index (χ1v) is 8.20. The van der Waals surface area contributed by atoms with Crippen LogP contribution in [0, 0.1) is 6.92 Å². The van der Waals surface area contributed by atoms with Gasteiger partial charge in [0.2, 0.25) is 0 Å². The molecule has 4 heteroatoms. The summed E-state index contributed by atoms with van der Waals surface area (Å²) in [6.07, 6.45) is 1.02. The third kappa shape index (κ3) is 2.24. The SMILES string of the molecule is Cc1ccc(-n2nc(-c3ccc(Br)cc3)c3c2NCC3)cc1. The number of fused-ring (bicyclic) bond motifs is 1. The molecule has 1 aliphatic rings. The highest BCUT2D eigenvalue weighted by atomic mass is 79.9. The molecule has 4 rings (SSSR count). The average molecular weight is 354 g/mol. The van der Waals surface area contributed by atoms with Crippen LogP contribution in [-0.4, -0.2) is 16.3 Å². The Morgan fingerprint density at radius 3 is 2.50 bits per heavy atom. The molecule has 1 aliphatic heterocycles. The third-order valence-electron chi connectivity index (χ3n) is 4.05. The zero-order chi connectivity index (χ0) is 15.1. The number of nitrogens with one attached hydrogen (secondary N) is 1. The molecular weight excluding hydrogens is 338 g/mol. The highest BCUT2D eigenvalue weighted by Crippen LogP contribution is 2.34. The van der Waals surface area contributed by atoms with Crippen molar-refractivity contribution in [3.05, 3.63) is 64.1 Å². The minimum atomic E-state index is 0.975. The van der Waals surface area contributed by atoms with Crippen LogP contribution in [0.2, 0.25) is 0 Å². The summed E-state index contributed by atoms with van der Waals surface area (Å²) in [4.78, 5) is 0. The summed E-state index contributed by atoms with van der Waals surface area (Å²) in [6.45, 7) is 3.07. The Bertz CT molecular complexity index is 749. The molecule has 110 valence electrons. The van der Waals surface area contributed by atoms with Crippen LogP contribution in [0.25, 0.3) is 16.9 Å². The highest BCUT2D eigenvalue weighted by Gasteiger charge is 2.23. The summed E-state index contributed by atoms with van der Waals surface area (Å²) in [5.74, 6) is 1.13. The van der Waals surface area contributed by atoms with Gasteiger partial charge < -0.3 is 5.32 Å². The maximum atomic E-state index is 4.87. The second-order valence-corrected chi connectivity index (χ2v) is 6.52. The maximum absolute atomic E-state index is 4.87. The van der Waals surface area contributed by atoms with Crippen molar-refractivity contribution in [2.75, 3.05) is 11.9 Å². The molecule has 0 saturated carbocycles. The van der Waals surface area contributed by atoms with Gasteiger partial charge in [0.25, 0.3) is 0 Å². The molecule has 1 N–H and O–H groups in total. The quantitative estimate of drug-likeness (QED) is 0.730. The van der Waals surface area contributed by atoms with E-state index < -0.39 is 0 Å². The Kier molecular flexibility index (Phi) is 3.26. The molecule has 0 unspecified atom stereocenters. The smallest absolute Gasteiger partial charge is 0.133 e. The van der Waals surface area contributed by atoms with Gasteiger partial charge in [0.15, 0.2) is 0 Å². The van der Waals surface area contributed by atoms with Crippen molar-refractivity contribution in [1.82, 2.24) is 9.78 Å². The molecule has 3 aromatic rings. The van der Waals surface area contributed by atoms with E-state index in [1.807, 2.05) is 4.68 Å². The third-order valence-corrected chi connectivity index (χ3v) is 4.58. The van der Waals surface area contributed by atoms with Gasteiger partial charge in [-0.05, 0) is 37.6 Å². The van der Waals surface area contributed by atoms with Crippen LogP contribution in [0.15, 0.2) is 53.0 Å². The van der Waals surface area contributed by atoms with E-state index in [-0.39, 0.29) is 0 Å². The van der Waals surface area contributed by atoms with Crippen molar-refractivity contribution >= 4 is 21.7 Å². The van der Waals surface area contributed by atoms with E-state index in [1.165, 1.54) is 11.1 Å². The summed E-state index contributed by atoms with van der Waals surface area (Å²) in [5, 5.41) is 8.35. The van der Waals surface area contributed by atoms with Crippen LogP contribution in [0.1, 0.15) is 11.1 Å². The zero-order valence-corrected chi connectivity index (χ0v) is 13.9. The van der Waals surface area contributed by atoms with Gasteiger partial charge in [-0.1, -0.05) is 45.8 Å². The van der Waals surface area contributed by atoms with E-state index in [9.17, 15) is 0 Å². The van der Waals surface area contributed by atoms with Crippen LogP contribution in [0.3, 0.4) is 0 Å². The van der Waals surface area contributed by atoms with Gasteiger partial charge in [-0.25, -0.2) is 4.68 Å². The molecule has 2 heterocycles. The first-order chi connectivity index (χ1) is 10.7. The van der Waals surface area contributed by atoms with Crippen molar-refractivity contribution in [1.29, 1.82) is 0 Å². The van der Waals surface area contributed by atoms with E-state index in [0.29, 0.717) is 0 Å². The number of benzene rings is 2. The molecule has 2 aromatic carbocycles. The highest BCUT2D eigenvalue weighted by molar-refractivity contribution is 9.10. The number of aromatic nitrogens is 2. The number of aryl methyl sites for hydroxylation is 1. The lowest BCUT2D eigenvalue weighted by Gasteiger charge is -2.06. The number of halogens is 1. The molecule has 0 amide bonds. The fourth-order valence-corrected chi connectivity index (χ4v) is 3.15. The lowest BCUT2D eigenvalue weighted by Crippen LogP contribution is -2.04. The Morgan fingerprint density at radius 1 is 1.05 bits per heavy atom. The maximum Gasteiger partial charge on any atom is 0.133 e. The van der Waals surface area contributed by atoms with Crippen LogP contribution in [0.5, 0.6) is 0 Å². The average Bonchev–Trinajstić information content (AvgIpc) is 3.12. The first kappa shape index (κ1) is 13.6. The predicted octanol–water partition coefficient (Wildman–Crippen LogP) is 4.58. The second-order valence-electron chi connectivity index (χ2n) is 5.61. The van der Waals surface area contributed by atoms with E-state index in [0.717, 1.165) is 40.2 Å². The van der Waals surface area contributed by atoms with Gasteiger partial charge in [-0.2, -0.15) is 5.10 Å². The van der Waals surface area contributed by atoms with Gasteiger partial charge in [0.1, 0.15) is 5.82 Å². The van der Waals surface area contributed by atoms with E-state index in [2.05, 4.69) is 76.7 Å². The number of hydrogen-bond donors (Lipinski definition) is 1. The molecule has 0 atom stereocenters. The van der Waals surface area contributed by atoms with Crippen molar-refractivity contribution in [2.24, 2.45) is 0 Å². The predicted molar refractivity (Wildman–Crippen MR) is 93.6 cm³/mol. The topological polar surface area (TPSA) is 29.9 Å². The van der Waals surface area contributed by atoms with E-state index in [1.54, 1.807) is 0 Å². The minimum Gasteiger partial charge on any atom is -0.369 e. The van der Waals surface area contributed by atoms with Gasteiger partial charge in [0.05, 0.1) is 11.4 Å². The molecule has 0 spiro atoms. The zero-order valence-electron chi connectivity index (χ0n) is 12.3. The van der Waals surface area contributed by atoms with Crippen molar-refractivity contribution in [3.63, 3.8) is 0 Å². The molecule has 0 radical (unpaired) electrons. The lowest BCUT2D eigenvalue weighted by molar-refractivity contribution is 0.882. The summed E-state index contributed by atoms with van der Waals surface area (Å²) in [5.41, 5.74) is 5.90. The number of anilines is 1.